The van der Waals surface area contributed by atoms with E-state index in [1.165, 1.54) is 11.3 Å². The molecule has 1 rings (SSSR count). The number of hydrogen-bond donors (Lipinski definition) is 1. The molecule has 0 saturated carbocycles. The van der Waals surface area contributed by atoms with E-state index in [4.69, 9.17) is 0 Å². The second-order valence-electron chi connectivity index (χ2n) is 3.06. The molecule has 0 aliphatic heterocycles. The first kappa shape index (κ1) is 9.85. The molecular weight excluding hydrogens is 158 g/mol. The van der Waals surface area contributed by atoms with Crippen molar-refractivity contribution in [3.8, 4) is 0 Å². The van der Waals surface area contributed by atoms with Crippen molar-refractivity contribution >= 4 is 5.69 Å². The number of benzene rings is 1. The van der Waals surface area contributed by atoms with E-state index in [1.807, 2.05) is 6.08 Å². The van der Waals surface area contributed by atoms with Gasteiger partial charge in [-0.1, -0.05) is 25.1 Å². The summed E-state index contributed by atoms with van der Waals surface area (Å²) >= 11 is 0. The highest BCUT2D eigenvalue weighted by atomic mass is 14.9. The van der Waals surface area contributed by atoms with Crippen LogP contribution in [0.1, 0.15) is 18.9 Å². The van der Waals surface area contributed by atoms with E-state index in [1.54, 1.807) is 0 Å². The Morgan fingerprint density at radius 1 is 1.46 bits per heavy atom. The summed E-state index contributed by atoms with van der Waals surface area (Å²) in [5.41, 5.74) is 2.59. The third kappa shape index (κ3) is 3.32. The van der Waals surface area contributed by atoms with Gasteiger partial charge in [-0.25, -0.2) is 0 Å². The summed E-state index contributed by atoms with van der Waals surface area (Å²) < 4.78 is 0. The van der Waals surface area contributed by atoms with Crippen molar-refractivity contribution in [1.82, 2.24) is 0 Å². The average Bonchev–Trinajstić information content (AvgIpc) is 2.19. The number of aryl methyl sites for hydroxylation is 1. The van der Waals surface area contributed by atoms with E-state index >= 15 is 0 Å². The van der Waals surface area contributed by atoms with Gasteiger partial charge in [0.2, 0.25) is 0 Å². The molecular formula is C12H17N. The first-order valence-electron chi connectivity index (χ1n) is 4.80. The van der Waals surface area contributed by atoms with Gasteiger partial charge in [0, 0.05) is 12.2 Å². The molecule has 0 aliphatic carbocycles. The smallest absolute Gasteiger partial charge is 0.0343 e. The van der Waals surface area contributed by atoms with Gasteiger partial charge < -0.3 is 5.32 Å². The minimum absolute atomic E-state index is 0.969. The molecule has 1 heteroatoms. The van der Waals surface area contributed by atoms with Gasteiger partial charge in [-0.05, 0) is 30.5 Å². The molecule has 0 aromatic heterocycles. The molecule has 0 unspecified atom stereocenters. The molecule has 0 aliphatic rings. The molecule has 0 amide bonds. The minimum Gasteiger partial charge on any atom is -0.385 e. The lowest BCUT2D eigenvalue weighted by Crippen LogP contribution is -1.99. The molecule has 1 nitrogen and oxygen atoms in total. The van der Waals surface area contributed by atoms with Crippen LogP contribution in [-0.2, 0) is 6.42 Å². The van der Waals surface area contributed by atoms with E-state index in [-0.39, 0.29) is 0 Å². The second-order valence-corrected chi connectivity index (χ2v) is 3.06. The molecule has 1 aromatic rings. The fourth-order valence-electron chi connectivity index (χ4n) is 1.22. The standard InChI is InChI=1S/C12H17N/c1-3-5-9-13-12-8-6-7-11(4-2)10-12/h3,6-8,10,13H,1,4-5,9H2,2H3. The van der Waals surface area contributed by atoms with Gasteiger partial charge in [0.25, 0.3) is 0 Å². The van der Waals surface area contributed by atoms with Gasteiger partial charge in [-0.15, -0.1) is 6.58 Å². The van der Waals surface area contributed by atoms with E-state index < -0.39 is 0 Å². The Labute approximate surface area is 80.5 Å². The maximum Gasteiger partial charge on any atom is 0.0343 e. The van der Waals surface area contributed by atoms with Crippen LogP contribution in [0.2, 0.25) is 0 Å². The Morgan fingerprint density at radius 2 is 2.31 bits per heavy atom. The molecule has 13 heavy (non-hydrogen) atoms. The Bertz CT molecular complexity index is 266. The Balaban J connectivity index is 2.50. The topological polar surface area (TPSA) is 12.0 Å². The highest BCUT2D eigenvalue weighted by molar-refractivity contribution is 5.45. The first-order chi connectivity index (χ1) is 6.36. The van der Waals surface area contributed by atoms with Gasteiger partial charge in [0.1, 0.15) is 0 Å². The SMILES string of the molecule is C=CCCNc1cccc(CC)c1. The van der Waals surface area contributed by atoms with Gasteiger partial charge in [0.15, 0.2) is 0 Å². The highest BCUT2D eigenvalue weighted by Crippen LogP contribution is 2.10. The summed E-state index contributed by atoms with van der Waals surface area (Å²) in [6, 6.07) is 8.54. The zero-order valence-corrected chi connectivity index (χ0v) is 8.22. The van der Waals surface area contributed by atoms with E-state index in [0.717, 1.165) is 19.4 Å². The van der Waals surface area contributed by atoms with Gasteiger partial charge in [-0.3, -0.25) is 0 Å². The van der Waals surface area contributed by atoms with Crippen LogP contribution in [0.4, 0.5) is 5.69 Å². The van der Waals surface area contributed by atoms with E-state index in [2.05, 4.69) is 43.1 Å². The summed E-state index contributed by atoms with van der Waals surface area (Å²) in [5, 5.41) is 3.35. The lowest BCUT2D eigenvalue weighted by Gasteiger charge is -2.05. The van der Waals surface area contributed by atoms with Gasteiger partial charge in [0.05, 0.1) is 0 Å². The molecule has 0 fully saturated rings. The molecule has 0 atom stereocenters. The highest BCUT2D eigenvalue weighted by Gasteiger charge is 1.91. The minimum atomic E-state index is 0.969. The van der Waals surface area contributed by atoms with Crippen LogP contribution >= 0.6 is 0 Å². The number of rotatable bonds is 5. The zero-order chi connectivity index (χ0) is 9.52. The quantitative estimate of drug-likeness (QED) is 0.535. The molecule has 70 valence electrons. The van der Waals surface area contributed by atoms with Crippen LogP contribution in [0, 0.1) is 0 Å². The van der Waals surface area contributed by atoms with Crippen LogP contribution in [0.15, 0.2) is 36.9 Å². The average molecular weight is 175 g/mol. The monoisotopic (exact) mass is 175 g/mol. The van der Waals surface area contributed by atoms with Crippen LogP contribution in [-0.4, -0.2) is 6.54 Å². The lowest BCUT2D eigenvalue weighted by atomic mass is 10.1. The maximum absolute atomic E-state index is 3.69. The first-order valence-corrected chi connectivity index (χ1v) is 4.80. The molecule has 0 heterocycles. The van der Waals surface area contributed by atoms with Crippen molar-refractivity contribution in [2.24, 2.45) is 0 Å². The predicted molar refractivity (Wildman–Crippen MR) is 59.1 cm³/mol. The summed E-state index contributed by atoms with van der Waals surface area (Å²) in [4.78, 5) is 0. The normalized spacial score (nSPS) is 9.62. The van der Waals surface area contributed by atoms with Gasteiger partial charge in [-0.2, -0.15) is 0 Å². The Morgan fingerprint density at radius 3 is 3.00 bits per heavy atom. The van der Waals surface area contributed by atoms with Crippen molar-refractivity contribution in [2.75, 3.05) is 11.9 Å². The largest absolute Gasteiger partial charge is 0.385 e. The van der Waals surface area contributed by atoms with Crippen molar-refractivity contribution in [1.29, 1.82) is 0 Å². The molecule has 1 aromatic carbocycles. The summed E-state index contributed by atoms with van der Waals surface area (Å²) in [6.45, 7) is 6.82. The summed E-state index contributed by atoms with van der Waals surface area (Å²) in [5.74, 6) is 0. The number of hydrogen-bond acceptors (Lipinski definition) is 1. The fraction of sp³-hybridized carbons (Fsp3) is 0.333. The number of nitrogens with one attached hydrogen (secondary N) is 1. The van der Waals surface area contributed by atoms with Crippen LogP contribution in [0.5, 0.6) is 0 Å². The molecule has 0 saturated heterocycles. The molecule has 0 radical (unpaired) electrons. The summed E-state index contributed by atoms with van der Waals surface area (Å²) in [7, 11) is 0. The third-order valence-electron chi connectivity index (χ3n) is 2.01. The van der Waals surface area contributed by atoms with Crippen LogP contribution in [0.3, 0.4) is 0 Å². The summed E-state index contributed by atoms with van der Waals surface area (Å²) in [6.07, 6.45) is 4.03. The molecule has 0 bridgehead atoms. The molecule has 1 N–H and O–H groups in total. The van der Waals surface area contributed by atoms with Crippen molar-refractivity contribution in [3.05, 3.63) is 42.5 Å². The fourth-order valence-corrected chi connectivity index (χ4v) is 1.22. The van der Waals surface area contributed by atoms with Crippen molar-refractivity contribution < 1.29 is 0 Å². The van der Waals surface area contributed by atoms with Crippen molar-refractivity contribution in [3.63, 3.8) is 0 Å². The van der Waals surface area contributed by atoms with Crippen molar-refractivity contribution in [2.45, 2.75) is 19.8 Å². The second kappa shape index (κ2) is 5.41. The Hall–Kier alpha value is -1.24. The number of anilines is 1. The van der Waals surface area contributed by atoms with E-state index in [9.17, 15) is 0 Å². The van der Waals surface area contributed by atoms with Crippen LogP contribution < -0.4 is 5.32 Å². The van der Waals surface area contributed by atoms with Crippen LogP contribution in [0.25, 0.3) is 0 Å². The lowest BCUT2D eigenvalue weighted by molar-refractivity contribution is 1.06. The Kier molecular flexibility index (Phi) is 4.10. The van der Waals surface area contributed by atoms with Gasteiger partial charge >= 0.3 is 0 Å². The molecule has 0 spiro atoms. The predicted octanol–water partition coefficient (Wildman–Crippen LogP) is 3.24. The third-order valence-corrected chi connectivity index (χ3v) is 2.01. The maximum atomic E-state index is 3.69. The van der Waals surface area contributed by atoms with E-state index in [0.29, 0.717) is 0 Å². The zero-order valence-electron chi connectivity index (χ0n) is 8.22.